The topological polar surface area (TPSA) is 0 Å². The first-order chi connectivity index (χ1) is 10.4. The maximum absolute atomic E-state index is 5.55. The highest BCUT2D eigenvalue weighted by Crippen LogP contribution is 2.22. The lowest BCUT2D eigenvalue weighted by molar-refractivity contribution is 1.14. The van der Waals surface area contributed by atoms with Gasteiger partial charge in [0, 0.05) is 4.86 Å². The highest BCUT2D eigenvalue weighted by atomic mass is 32.1. The van der Waals surface area contributed by atoms with Crippen molar-refractivity contribution in [3.05, 3.63) is 75.4 Å². The van der Waals surface area contributed by atoms with Gasteiger partial charge in [0.05, 0.1) is 0 Å². The van der Waals surface area contributed by atoms with Gasteiger partial charge in [-0.3, -0.25) is 0 Å². The van der Waals surface area contributed by atoms with E-state index in [2.05, 4.69) is 71.0 Å². The molecule has 2 rings (SSSR count). The third kappa shape index (κ3) is 3.53. The van der Waals surface area contributed by atoms with Gasteiger partial charge in [0.2, 0.25) is 0 Å². The van der Waals surface area contributed by atoms with E-state index in [1.807, 2.05) is 6.08 Å². The zero-order valence-corrected chi connectivity index (χ0v) is 15.0. The molecular weight excluding hydrogens is 284 g/mol. The van der Waals surface area contributed by atoms with Crippen LogP contribution in [0, 0.1) is 27.7 Å². The molecule has 22 heavy (non-hydrogen) atoms. The van der Waals surface area contributed by atoms with Crippen LogP contribution >= 0.6 is 12.2 Å². The van der Waals surface area contributed by atoms with E-state index in [4.69, 9.17) is 12.2 Å². The predicted molar refractivity (Wildman–Crippen MR) is 102 cm³/mol. The summed E-state index contributed by atoms with van der Waals surface area (Å²) < 4.78 is 0. The van der Waals surface area contributed by atoms with E-state index in [0.717, 1.165) is 16.8 Å². The summed E-state index contributed by atoms with van der Waals surface area (Å²) in [5.41, 5.74) is 9.14. The minimum atomic E-state index is 0.887. The smallest absolute Gasteiger partial charge is 0.0449 e. The zero-order chi connectivity index (χ0) is 16.3. The second kappa shape index (κ2) is 7.02. The molecule has 0 unspecified atom stereocenters. The van der Waals surface area contributed by atoms with E-state index in [9.17, 15) is 0 Å². The Kier molecular flexibility index (Phi) is 5.31. The largest absolute Gasteiger partial charge is 0.0795 e. The summed E-state index contributed by atoms with van der Waals surface area (Å²) in [6.07, 6.45) is 5.25. The summed E-state index contributed by atoms with van der Waals surface area (Å²) in [6, 6.07) is 10.8. The van der Waals surface area contributed by atoms with Crippen LogP contribution in [0.25, 0.3) is 6.08 Å². The molecule has 1 heteroatoms. The van der Waals surface area contributed by atoms with Gasteiger partial charge in [0.25, 0.3) is 0 Å². The number of hydrogen-bond donors (Lipinski definition) is 0. The Balaban J connectivity index is 2.26. The van der Waals surface area contributed by atoms with Gasteiger partial charge in [-0.15, -0.1) is 0 Å². The van der Waals surface area contributed by atoms with E-state index in [0.29, 0.717) is 0 Å². The van der Waals surface area contributed by atoms with E-state index in [1.165, 1.54) is 33.4 Å². The van der Waals surface area contributed by atoms with Crippen LogP contribution in [0.15, 0.2) is 36.4 Å². The number of allylic oxidation sites excluding steroid dienone is 1. The van der Waals surface area contributed by atoms with Gasteiger partial charge in [-0.05, 0) is 79.1 Å². The average Bonchev–Trinajstić information content (AvgIpc) is 2.54. The molecule has 0 amide bonds. The molecule has 0 nitrogen and oxygen atoms in total. The van der Waals surface area contributed by atoms with E-state index in [1.54, 1.807) is 0 Å². The zero-order valence-electron chi connectivity index (χ0n) is 14.2. The van der Waals surface area contributed by atoms with Crippen molar-refractivity contribution in [3.8, 4) is 0 Å². The molecule has 0 fully saturated rings. The summed E-state index contributed by atoms with van der Waals surface area (Å²) in [5, 5.41) is 0. The molecule has 0 saturated carbocycles. The molecule has 0 saturated heterocycles. The van der Waals surface area contributed by atoms with Crippen molar-refractivity contribution >= 4 is 23.2 Å². The Morgan fingerprint density at radius 1 is 0.955 bits per heavy atom. The molecule has 0 aromatic heterocycles. The van der Waals surface area contributed by atoms with Gasteiger partial charge in [0.15, 0.2) is 0 Å². The first kappa shape index (κ1) is 16.6. The molecule has 0 aliphatic rings. The van der Waals surface area contributed by atoms with Crippen LogP contribution in [-0.2, 0) is 6.42 Å². The molecule has 0 spiro atoms. The molecule has 114 valence electrons. The average molecular weight is 308 g/mol. The standard InChI is InChI=1S/C21H24S/c1-6-18-7-9-19(10-8-18)21(22)12-11-20-13-14(2)15(3)16(4)17(20)5/h7-13H,6H2,1-5H3. The summed E-state index contributed by atoms with van der Waals surface area (Å²) in [4.78, 5) is 0.887. The molecule has 2 aromatic rings. The molecule has 0 aliphatic carbocycles. The molecule has 0 aliphatic heterocycles. The molecule has 0 bridgehead atoms. The van der Waals surface area contributed by atoms with E-state index >= 15 is 0 Å². The Bertz CT molecular complexity index is 719. The molecule has 0 radical (unpaired) electrons. The Hall–Kier alpha value is -1.73. The van der Waals surface area contributed by atoms with Crippen LogP contribution in [0.5, 0.6) is 0 Å². The quantitative estimate of drug-likeness (QED) is 0.384. The summed E-state index contributed by atoms with van der Waals surface area (Å²) in [5.74, 6) is 0. The molecule has 2 aromatic carbocycles. The van der Waals surface area contributed by atoms with Crippen LogP contribution in [0.4, 0.5) is 0 Å². The third-order valence-corrected chi connectivity index (χ3v) is 4.95. The van der Waals surface area contributed by atoms with Gasteiger partial charge in [-0.1, -0.05) is 55.5 Å². The molecular formula is C21H24S. The fraction of sp³-hybridized carbons (Fsp3) is 0.286. The van der Waals surface area contributed by atoms with Crippen LogP contribution < -0.4 is 0 Å². The lowest BCUT2D eigenvalue weighted by Crippen LogP contribution is -1.96. The van der Waals surface area contributed by atoms with Gasteiger partial charge in [-0.2, -0.15) is 0 Å². The van der Waals surface area contributed by atoms with E-state index in [-0.39, 0.29) is 0 Å². The summed E-state index contributed by atoms with van der Waals surface area (Å²) in [6.45, 7) is 10.9. The van der Waals surface area contributed by atoms with Gasteiger partial charge in [-0.25, -0.2) is 0 Å². The second-order valence-electron chi connectivity index (χ2n) is 5.91. The Labute approximate surface area is 139 Å². The van der Waals surface area contributed by atoms with Crippen LogP contribution in [0.3, 0.4) is 0 Å². The molecule has 0 atom stereocenters. The summed E-state index contributed by atoms with van der Waals surface area (Å²) in [7, 11) is 0. The van der Waals surface area contributed by atoms with Crippen molar-refractivity contribution < 1.29 is 0 Å². The predicted octanol–water partition coefficient (Wildman–Crippen LogP) is 5.91. The second-order valence-corrected chi connectivity index (χ2v) is 6.35. The summed E-state index contributed by atoms with van der Waals surface area (Å²) >= 11 is 5.55. The Morgan fingerprint density at radius 2 is 1.59 bits per heavy atom. The monoisotopic (exact) mass is 308 g/mol. The van der Waals surface area contributed by atoms with Gasteiger partial charge < -0.3 is 0 Å². The Morgan fingerprint density at radius 3 is 2.18 bits per heavy atom. The van der Waals surface area contributed by atoms with Gasteiger partial charge >= 0.3 is 0 Å². The van der Waals surface area contributed by atoms with E-state index < -0.39 is 0 Å². The fourth-order valence-electron chi connectivity index (χ4n) is 2.58. The molecule has 0 heterocycles. The van der Waals surface area contributed by atoms with Gasteiger partial charge in [0.1, 0.15) is 0 Å². The number of hydrogen-bond acceptors (Lipinski definition) is 1. The first-order valence-corrected chi connectivity index (χ1v) is 8.23. The van der Waals surface area contributed by atoms with Crippen LogP contribution in [-0.4, -0.2) is 4.86 Å². The lowest BCUT2D eigenvalue weighted by Gasteiger charge is -2.11. The number of benzene rings is 2. The van der Waals surface area contributed by atoms with Crippen molar-refractivity contribution in [2.45, 2.75) is 41.0 Å². The first-order valence-electron chi connectivity index (χ1n) is 7.82. The van der Waals surface area contributed by atoms with Crippen molar-refractivity contribution in [1.82, 2.24) is 0 Å². The minimum Gasteiger partial charge on any atom is -0.0795 e. The lowest BCUT2D eigenvalue weighted by atomic mass is 9.94. The SMILES string of the molecule is CCc1ccc(C(=S)C=Cc2cc(C)c(C)c(C)c2C)cc1. The third-order valence-electron chi connectivity index (χ3n) is 4.58. The number of aryl methyl sites for hydroxylation is 2. The highest BCUT2D eigenvalue weighted by molar-refractivity contribution is 7.81. The van der Waals surface area contributed by atoms with Crippen LogP contribution in [0.2, 0.25) is 0 Å². The van der Waals surface area contributed by atoms with Crippen molar-refractivity contribution in [2.75, 3.05) is 0 Å². The maximum atomic E-state index is 5.55. The number of rotatable bonds is 4. The minimum absolute atomic E-state index is 0.887. The van der Waals surface area contributed by atoms with Crippen molar-refractivity contribution in [3.63, 3.8) is 0 Å². The van der Waals surface area contributed by atoms with Crippen LogP contribution in [0.1, 0.15) is 45.9 Å². The van der Waals surface area contributed by atoms with Crippen molar-refractivity contribution in [1.29, 1.82) is 0 Å². The normalized spacial score (nSPS) is 11.1. The highest BCUT2D eigenvalue weighted by Gasteiger charge is 2.05. The van der Waals surface area contributed by atoms with Crippen molar-refractivity contribution in [2.24, 2.45) is 0 Å². The number of thiocarbonyl (C=S) groups is 1. The fourth-order valence-corrected chi connectivity index (χ4v) is 2.79. The molecule has 0 N–H and O–H groups in total. The maximum Gasteiger partial charge on any atom is 0.0449 e.